The Morgan fingerprint density at radius 2 is 0.800 bits per heavy atom. The molecule has 0 atom stereocenters. The van der Waals surface area contributed by atoms with E-state index in [1.165, 1.54) is 9.80 Å². The summed E-state index contributed by atoms with van der Waals surface area (Å²) in [6.45, 7) is 8.76. The molecule has 0 radical (unpaired) electrons. The van der Waals surface area contributed by atoms with Gasteiger partial charge in [0, 0.05) is 59.0 Å². The molecule has 2 heterocycles. The predicted molar refractivity (Wildman–Crippen MR) is 148 cm³/mol. The van der Waals surface area contributed by atoms with Crippen molar-refractivity contribution in [2.24, 2.45) is 0 Å². The summed E-state index contributed by atoms with van der Waals surface area (Å²) in [7, 11) is 8.62. The van der Waals surface area contributed by atoms with E-state index in [0.717, 1.165) is 48.0 Å². The van der Waals surface area contributed by atoms with Crippen molar-refractivity contribution in [2.75, 3.05) is 67.5 Å². The van der Waals surface area contributed by atoms with E-state index in [4.69, 9.17) is 0 Å². The van der Waals surface area contributed by atoms with E-state index in [1.54, 1.807) is 24.3 Å². The molecule has 0 spiro atoms. The number of hydrogen-bond acceptors (Lipinski definition) is 4. The van der Waals surface area contributed by atoms with Gasteiger partial charge in [0.25, 0.3) is 23.6 Å². The summed E-state index contributed by atoms with van der Waals surface area (Å²) in [5, 5.41) is 0.880. The van der Waals surface area contributed by atoms with Crippen LogP contribution in [0.15, 0.2) is 24.3 Å². The van der Waals surface area contributed by atoms with E-state index in [2.05, 4.69) is 42.0 Å². The third-order valence-corrected chi connectivity index (χ3v) is 8.01. The highest BCUT2D eigenvalue weighted by Crippen LogP contribution is 2.38. The van der Waals surface area contributed by atoms with Crippen LogP contribution in [0.25, 0.3) is 10.8 Å². The molecular formula is C30H42Br2N4O4. The van der Waals surface area contributed by atoms with Gasteiger partial charge in [0.15, 0.2) is 0 Å². The third-order valence-electron chi connectivity index (χ3n) is 8.01. The monoisotopic (exact) mass is 680 g/mol. The maximum absolute atomic E-state index is 13.5. The van der Waals surface area contributed by atoms with Gasteiger partial charge in [-0.05, 0) is 37.1 Å². The minimum atomic E-state index is -0.356. The first-order valence-electron chi connectivity index (χ1n) is 13.9. The number of carbonyl (C=O) groups is 4. The Bertz CT molecular complexity index is 1140. The van der Waals surface area contributed by atoms with Crippen LogP contribution in [0, 0.1) is 0 Å². The van der Waals surface area contributed by atoms with Crippen LogP contribution in [-0.4, -0.2) is 110 Å². The highest BCUT2D eigenvalue weighted by atomic mass is 79.9. The van der Waals surface area contributed by atoms with Crippen molar-refractivity contribution in [1.29, 1.82) is 0 Å². The first-order valence-corrected chi connectivity index (χ1v) is 13.9. The third kappa shape index (κ3) is 6.50. The molecule has 0 N–H and O–H groups in total. The van der Waals surface area contributed by atoms with Crippen LogP contribution in [0.5, 0.6) is 0 Å². The van der Waals surface area contributed by atoms with Gasteiger partial charge < -0.3 is 42.9 Å². The smallest absolute Gasteiger partial charge is 0.261 e. The number of quaternary nitrogens is 2. The molecule has 4 rings (SSSR count). The normalized spacial score (nSPS) is 14.9. The number of nitrogens with zero attached hydrogens (tertiary/aromatic N) is 4. The molecule has 8 nitrogen and oxygen atoms in total. The number of imide groups is 2. The average molecular weight is 682 g/mol. The Balaban J connectivity index is 0.00000280. The van der Waals surface area contributed by atoms with E-state index in [1.807, 2.05) is 0 Å². The van der Waals surface area contributed by atoms with Crippen molar-refractivity contribution >= 4 is 34.4 Å². The number of halogens is 2. The van der Waals surface area contributed by atoms with Gasteiger partial charge in [-0.1, -0.05) is 13.8 Å². The summed E-state index contributed by atoms with van der Waals surface area (Å²) in [6, 6.07) is 6.60. The molecule has 0 bridgehead atoms. The number of amides is 4. The standard InChI is InChI=1S/C30H42N4O4.2BrH/c1-7-17-33(3,4)19-9-15-31-27(35)21-11-13-23-26-24(14-12-22(25(21)26)28(31)36)30(38)32(29(23)37)16-10-20-34(5,6)18-8-2;;/h11-14H,7-10,15-20H2,1-6H3;2*1H/q+2;;/p-2. The van der Waals surface area contributed by atoms with Crippen molar-refractivity contribution in [3.8, 4) is 0 Å². The lowest BCUT2D eigenvalue weighted by Gasteiger charge is -2.34. The molecule has 40 heavy (non-hydrogen) atoms. The second-order valence-corrected chi connectivity index (χ2v) is 12.1. The quantitative estimate of drug-likeness (QED) is 0.188. The Labute approximate surface area is 259 Å². The van der Waals surface area contributed by atoms with Gasteiger partial charge >= 0.3 is 0 Å². The highest BCUT2D eigenvalue weighted by Gasteiger charge is 2.39. The lowest BCUT2D eigenvalue weighted by molar-refractivity contribution is -0.890. The van der Waals surface area contributed by atoms with E-state index in [-0.39, 0.29) is 57.6 Å². The molecule has 0 unspecified atom stereocenters. The average Bonchev–Trinajstić information content (AvgIpc) is 2.85. The summed E-state index contributed by atoms with van der Waals surface area (Å²) in [4.78, 5) is 56.5. The second-order valence-electron chi connectivity index (χ2n) is 12.1. The minimum Gasteiger partial charge on any atom is -1.00 e. The molecule has 0 saturated carbocycles. The van der Waals surface area contributed by atoms with Gasteiger partial charge in [0.2, 0.25) is 0 Å². The van der Waals surface area contributed by atoms with Gasteiger partial charge in [0.05, 0.1) is 54.4 Å². The first kappa shape index (κ1) is 34.1. The summed E-state index contributed by atoms with van der Waals surface area (Å²) in [6.07, 6.45) is 3.55. The van der Waals surface area contributed by atoms with Crippen LogP contribution in [0.4, 0.5) is 0 Å². The lowest BCUT2D eigenvalue weighted by Crippen LogP contribution is -3.00. The second kappa shape index (κ2) is 13.2. The summed E-state index contributed by atoms with van der Waals surface area (Å²) >= 11 is 0. The number of hydrogen-bond donors (Lipinski definition) is 0. The van der Waals surface area contributed by atoms with Crippen molar-refractivity contribution in [1.82, 2.24) is 9.80 Å². The Kier molecular flexibility index (Phi) is 11.3. The molecule has 0 aromatic heterocycles. The zero-order valence-corrected chi connectivity index (χ0v) is 27.7. The van der Waals surface area contributed by atoms with Gasteiger partial charge in [-0.2, -0.15) is 0 Å². The zero-order valence-electron chi connectivity index (χ0n) is 24.6. The maximum Gasteiger partial charge on any atom is 0.261 e. The largest absolute Gasteiger partial charge is 1.00 e. The van der Waals surface area contributed by atoms with Crippen molar-refractivity contribution < 1.29 is 62.1 Å². The highest BCUT2D eigenvalue weighted by molar-refractivity contribution is 6.33. The minimum absolute atomic E-state index is 0. The fourth-order valence-corrected chi connectivity index (χ4v) is 6.13. The maximum atomic E-state index is 13.5. The van der Waals surface area contributed by atoms with Gasteiger partial charge in [-0.15, -0.1) is 0 Å². The molecule has 2 aromatic carbocycles. The summed E-state index contributed by atoms with van der Waals surface area (Å²) in [5.41, 5.74) is 1.54. The summed E-state index contributed by atoms with van der Waals surface area (Å²) < 4.78 is 1.67. The molecule has 10 heteroatoms. The summed E-state index contributed by atoms with van der Waals surface area (Å²) in [5.74, 6) is -1.43. The Morgan fingerprint density at radius 1 is 0.525 bits per heavy atom. The van der Waals surface area contributed by atoms with Crippen LogP contribution >= 0.6 is 0 Å². The number of benzene rings is 2. The topological polar surface area (TPSA) is 74.8 Å². The molecular weight excluding hydrogens is 640 g/mol. The van der Waals surface area contributed by atoms with Gasteiger partial charge in [0.1, 0.15) is 0 Å². The Morgan fingerprint density at radius 3 is 1.05 bits per heavy atom. The molecule has 0 saturated heterocycles. The zero-order chi connectivity index (χ0) is 27.8. The fourth-order valence-electron chi connectivity index (χ4n) is 6.13. The molecule has 2 aliphatic heterocycles. The SMILES string of the molecule is CCC[N+](C)(C)CCCN1C(=O)c2ccc3c4c(ccc(c24)C1=O)C(=O)N(CCC[N+](C)(C)CCC)C3=O.[Br-].[Br-]. The predicted octanol–water partition coefficient (Wildman–Crippen LogP) is -2.21. The van der Waals surface area contributed by atoms with Crippen LogP contribution in [0.1, 0.15) is 81.0 Å². The van der Waals surface area contributed by atoms with Crippen LogP contribution in [0.2, 0.25) is 0 Å². The van der Waals surface area contributed by atoms with Crippen molar-refractivity contribution in [3.63, 3.8) is 0 Å². The van der Waals surface area contributed by atoms with Crippen LogP contribution < -0.4 is 34.0 Å². The van der Waals surface area contributed by atoms with Crippen LogP contribution in [-0.2, 0) is 0 Å². The lowest BCUT2D eigenvalue weighted by atomic mass is 9.86. The first-order chi connectivity index (χ1) is 17.9. The van der Waals surface area contributed by atoms with Crippen molar-refractivity contribution in [2.45, 2.75) is 39.5 Å². The van der Waals surface area contributed by atoms with E-state index in [0.29, 0.717) is 59.0 Å². The van der Waals surface area contributed by atoms with E-state index < -0.39 is 0 Å². The molecule has 220 valence electrons. The molecule has 0 aliphatic carbocycles. The molecule has 2 aliphatic rings. The van der Waals surface area contributed by atoms with E-state index in [9.17, 15) is 19.2 Å². The molecule has 2 aromatic rings. The number of rotatable bonds is 12. The number of carbonyl (C=O) groups excluding carboxylic acids is 4. The van der Waals surface area contributed by atoms with Gasteiger partial charge in [-0.25, -0.2) is 0 Å². The van der Waals surface area contributed by atoms with Gasteiger partial charge in [-0.3, -0.25) is 29.0 Å². The van der Waals surface area contributed by atoms with Crippen molar-refractivity contribution in [3.05, 3.63) is 46.5 Å². The molecule has 0 fully saturated rings. The molecule has 4 amide bonds. The van der Waals surface area contributed by atoms with Crippen LogP contribution in [0.3, 0.4) is 0 Å². The van der Waals surface area contributed by atoms with E-state index >= 15 is 0 Å². The fraction of sp³-hybridized carbons (Fsp3) is 0.533. The Hall–Kier alpha value is -2.14.